The van der Waals surface area contributed by atoms with Crippen LogP contribution in [0, 0.1) is 17.6 Å². The van der Waals surface area contributed by atoms with E-state index < -0.39 is 68.5 Å². The quantitative estimate of drug-likeness (QED) is 0.136. The third kappa shape index (κ3) is 6.91. The lowest BCUT2D eigenvalue weighted by atomic mass is 9.98. The number of amides is 1. The summed E-state index contributed by atoms with van der Waals surface area (Å²) < 4.78 is 27.8. The predicted molar refractivity (Wildman–Crippen MR) is 161 cm³/mol. The fourth-order valence-electron chi connectivity index (χ4n) is 4.32. The molecular formula is C27H15Cl8F2NO3. The van der Waals surface area contributed by atoms with E-state index >= 15 is 4.39 Å². The van der Waals surface area contributed by atoms with Gasteiger partial charge in [0.05, 0.1) is 26.0 Å². The molecule has 3 aromatic rings. The molecule has 1 fully saturated rings. The normalized spacial score (nSPS) is 17.4. The topological polar surface area (TPSA) is 63.2 Å². The van der Waals surface area contributed by atoms with Gasteiger partial charge in [-0.2, -0.15) is 0 Å². The zero-order valence-corrected chi connectivity index (χ0v) is 26.2. The van der Waals surface area contributed by atoms with Crippen molar-refractivity contribution in [3.05, 3.63) is 96.4 Å². The summed E-state index contributed by atoms with van der Waals surface area (Å²) >= 11 is 48.2. The van der Waals surface area contributed by atoms with Gasteiger partial charge in [-0.25, -0.2) is 8.78 Å². The molecule has 0 radical (unpaired) electrons. The molecule has 0 saturated heterocycles. The van der Waals surface area contributed by atoms with E-state index in [9.17, 15) is 18.8 Å². The van der Waals surface area contributed by atoms with Crippen LogP contribution in [0.15, 0.2) is 42.5 Å². The highest BCUT2D eigenvalue weighted by Crippen LogP contribution is 2.65. The Bertz CT molecular complexity index is 1560. The van der Waals surface area contributed by atoms with Crippen molar-refractivity contribution in [3.8, 4) is 0 Å². The summed E-state index contributed by atoms with van der Waals surface area (Å²) in [6.45, 7) is 0. The zero-order chi connectivity index (χ0) is 30.4. The molecule has 1 aliphatic carbocycles. The second kappa shape index (κ2) is 12.7. The number of rotatable bonds is 9. The van der Waals surface area contributed by atoms with Crippen molar-refractivity contribution in [1.29, 1.82) is 0 Å². The number of anilines is 1. The molecular weight excluding hydrogens is 708 g/mol. The summed E-state index contributed by atoms with van der Waals surface area (Å²) in [6.07, 6.45) is -1.22. The fourth-order valence-corrected chi connectivity index (χ4v) is 6.14. The van der Waals surface area contributed by atoms with E-state index in [1.54, 1.807) is 0 Å². The highest BCUT2D eigenvalue weighted by molar-refractivity contribution is 6.54. The Morgan fingerprint density at radius 2 is 1.51 bits per heavy atom. The van der Waals surface area contributed by atoms with Crippen LogP contribution in [0.2, 0.25) is 20.1 Å². The van der Waals surface area contributed by atoms with E-state index in [-0.39, 0.29) is 36.9 Å². The average molecular weight is 723 g/mol. The summed E-state index contributed by atoms with van der Waals surface area (Å²) in [6, 6.07) is 9.18. The lowest BCUT2D eigenvalue weighted by Crippen LogP contribution is -2.18. The minimum atomic E-state index is -1.47. The second-order valence-corrected chi connectivity index (χ2v) is 13.3. The van der Waals surface area contributed by atoms with Crippen molar-refractivity contribution in [2.45, 2.75) is 27.9 Å². The van der Waals surface area contributed by atoms with Gasteiger partial charge in [0, 0.05) is 35.6 Å². The molecule has 2 atom stereocenters. The largest absolute Gasteiger partial charge is 0.326 e. The van der Waals surface area contributed by atoms with Crippen LogP contribution in [-0.2, 0) is 22.4 Å². The maximum Gasteiger partial charge on any atom is 0.231 e. The Morgan fingerprint density at radius 1 is 0.878 bits per heavy atom. The van der Waals surface area contributed by atoms with E-state index in [1.165, 1.54) is 30.3 Å². The van der Waals surface area contributed by atoms with E-state index in [2.05, 4.69) is 5.32 Å². The number of nitrogens with one attached hydrogen (secondary N) is 1. The number of carbonyl (C=O) groups is 3. The van der Waals surface area contributed by atoms with Crippen LogP contribution in [-0.4, -0.2) is 26.6 Å². The SMILES string of the molecule is O=C(Cc1ccc(F)c(CC(=O)C(Cl)Cl)c1F)c1cc(NC(=O)[C@H]2[C@H](c3cc(Cl)c(Cl)c(Cl)c3)C2(Cl)Cl)ccc1Cl. The average Bonchev–Trinajstić information content (AvgIpc) is 3.49. The first-order chi connectivity index (χ1) is 19.1. The van der Waals surface area contributed by atoms with Crippen molar-refractivity contribution >= 4 is 116 Å². The Hall–Kier alpha value is -1.35. The van der Waals surface area contributed by atoms with Gasteiger partial charge in [-0.15, -0.1) is 23.2 Å². The Labute approximate surface area is 273 Å². The first-order valence-corrected chi connectivity index (χ1v) is 14.7. The first kappa shape index (κ1) is 32.6. The van der Waals surface area contributed by atoms with Gasteiger partial charge < -0.3 is 5.32 Å². The number of Topliss-reactive ketones (excluding diaryl/α,β-unsaturated/α-hetero) is 2. The van der Waals surface area contributed by atoms with Crippen LogP contribution in [0.3, 0.4) is 0 Å². The molecule has 41 heavy (non-hydrogen) atoms. The molecule has 14 heteroatoms. The van der Waals surface area contributed by atoms with Crippen LogP contribution in [0.4, 0.5) is 14.5 Å². The Balaban J connectivity index is 1.52. The lowest BCUT2D eigenvalue weighted by molar-refractivity contribution is -0.118. The maximum atomic E-state index is 15.0. The number of carbonyl (C=O) groups excluding carboxylic acids is 3. The monoisotopic (exact) mass is 719 g/mol. The van der Waals surface area contributed by atoms with E-state index in [0.717, 1.165) is 12.1 Å². The molecule has 0 aromatic heterocycles. The lowest BCUT2D eigenvalue weighted by Gasteiger charge is -2.11. The second-order valence-electron chi connectivity index (χ2n) is 9.16. The highest BCUT2D eigenvalue weighted by Gasteiger charge is 2.67. The fraction of sp³-hybridized carbons (Fsp3) is 0.222. The molecule has 0 spiro atoms. The third-order valence-electron chi connectivity index (χ3n) is 6.45. The van der Waals surface area contributed by atoms with Gasteiger partial charge in [0.25, 0.3) is 0 Å². The van der Waals surface area contributed by atoms with Crippen LogP contribution in [0.25, 0.3) is 0 Å². The predicted octanol–water partition coefficient (Wildman–Crippen LogP) is 9.45. The van der Waals surface area contributed by atoms with Crippen LogP contribution >= 0.6 is 92.8 Å². The molecule has 1 amide bonds. The van der Waals surface area contributed by atoms with E-state index in [4.69, 9.17) is 92.8 Å². The van der Waals surface area contributed by atoms with Gasteiger partial charge in [0.2, 0.25) is 5.91 Å². The molecule has 1 N–H and O–H groups in total. The molecule has 4 nitrogen and oxygen atoms in total. The molecule has 1 aliphatic rings. The zero-order valence-electron chi connectivity index (χ0n) is 20.2. The van der Waals surface area contributed by atoms with Crippen molar-refractivity contribution in [3.63, 3.8) is 0 Å². The first-order valence-electron chi connectivity index (χ1n) is 11.6. The van der Waals surface area contributed by atoms with Crippen LogP contribution in [0.5, 0.6) is 0 Å². The van der Waals surface area contributed by atoms with Gasteiger partial charge in [-0.1, -0.05) is 75.7 Å². The summed E-state index contributed by atoms with van der Waals surface area (Å²) in [4.78, 5) is 36.5. The Morgan fingerprint density at radius 3 is 2.12 bits per heavy atom. The summed E-state index contributed by atoms with van der Waals surface area (Å²) in [5.41, 5.74) is -0.0893. The molecule has 3 aromatic carbocycles. The number of benzene rings is 3. The van der Waals surface area contributed by atoms with Crippen molar-refractivity contribution in [2.24, 2.45) is 5.92 Å². The minimum absolute atomic E-state index is 0.0248. The number of hydrogen-bond donors (Lipinski definition) is 1. The van der Waals surface area contributed by atoms with E-state index in [1.807, 2.05) is 0 Å². The number of ketones is 2. The highest BCUT2D eigenvalue weighted by atomic mass is 35.5. The minimum Gasteiger partial charge on any atom is -0.326 e. The van der Waals surface area contributed by atoms with Gasteiger partial charge in [0.1, 0.15) is 16.0 Å². The molecule has 0 aliphatic heterocycles. The number of alkyl halides is 4. The van der Waals surface area contributed by atoms with Crippen molar-refractivity contribution < 1.29 is 23.2 Å². The Kier molecular flexibility index (Phi) is 10.1. The van der Waals surface area contributed by atoms with Gasteiger partial charge >= 0.3 is 0 Å². The van der Waals surface area contributed by atoms with Crippen LogP contribution in [0.1, 0.15) is 33.0 Å². The maximum absolute atomic E-state index is 15.0. The van der Waals surface area contributed by atoms with Gasteiger partial charge in [-0.05, 0) is 47.5 Å². The molecule has 216 valence electrons. The van der Waals surface area contributed by atoms with Crippen molar-refractivity contribution in [1.82, 2.24) is 0 Å². The molecule has 0 bridgehead atoms. The summed E-state index contributed by atoms with van der Waals surface area (Å²) in [5, 5.41) is 3.16. The molecule has 0 heterocycles. The van der Waals surface area contributed by atoms with Crippen molar-refractivity contribution in [2.75, 3.05) is 5.32 Å². The van der Waals surface area contributed by atoms with E-state index in [0.29, 0.717) is 5.56 Å². The summed E-state index contributed by atoms with van der Waals surface area (Å²) in [7, 11) is 0. The standard InChI is InChI=1S/C27H15Cl8F2NO3/c28-15-3-2-12(38-26(41)22-21(27(22,34)35)11-5-16(29)23(31)17(30)6-11)8-13(15)19(39)7-10-1-4-18(36)14(24(10)37)9-20(40)25(32)33/h1-6,8,21-22,25H,7,9H2,(H,38,41)/t21-,22+/m0/s1. The smallest absolute Gasteiger partial charge is 0.231 e. The van der Waals surface area contributed by atoms with Gasteiger partial charge in [-0.3, -0.25) is 14.4 Å². The molecule has 1 saturated carbocycles. The summed E-state index contributed by atoms with van der Waals surface area (Å²) in [5.74, 6) is -5.62. The third-order valence-corrected chi connectivity index (χ3v) is 9.40. The van der Waals surface area contributed by atoms with Gasteiger partial charge in [0.15, 0.2) is 16.4 Å². The number of halogens is 10. The van der Waals surface area contributed by atoms with Crippen LogP contribution < -0.4 is 5.32 Å². The molecule has 4 rings (SSSR count). The molecule has 0 unspecified atom stereocenters. The number of hydrogen-bond acceptors (Lipinski definition) is 3.